The van der Waals surface area contributed by atoms with Crippen molar-refractivity contribution in [2.75, 3.05) is 19.3 Å². The van der Waals surface area contributed by atoms with Gasteiger partial charge in [0.1, 0.15) is 0 Å². The van der Waals surface area contributed by atoms with Crippen molar-refractivity contribution in [2.45, 2.75) is 32.2 Å². The van der Waals surface area contributed by atoms with E-state index >= 15 is 0 Å². The molecule has 1 rings (SSSR count). The van der Waals surface area contributed by atoms with Crippen LogP contribution in [0.4, 0.5) is 18.9 Å². The Morgan fingerprint density at radius 3 is 2.53 bits per heavy atom. The minimum atomic E-state index is -4.41. The summed E-state index contributed by atoms with van der Waals surface area (Å²) in [6.07, 6.45) is -4.35. The van der Waals surface area contributed by atoms with Gasteiger partial charge in [0.25, 0.3) is 0 Å². The maximum Gasteiger partial charge on any atom is 0.416 e. The van der Waals surface area contributed by atoms with Crippen LogP contribution in [0.2, 0.25) is 0 Å². The number of nitrogens with zero attached hydrogens (tertiary/aromatic N) is 1. The molecule has 0 saturated heterocycles. The highest BCUT2D eigenvalue weighted by Gasteiger charge is 2.33. The van der Waals surface area contributed by atoms with Crippen molar-refractivity contribution in [3.8, 4) is 0 Å². The van der Waals surface area contributed by atoms with Crippen molar-refractivity contribution in [1.29, 1.82) is 0 Å². The first-order chi connectivity index (χ1) is 8.70. The molecule has 0 heterocycles. The minimum Gasteiger partial charge on any atom is -0.399 e. The number of rotatable bonds is 5. The van der Waals surface area contributed by atoms with Gasteiger partial charge in [0.15, 0.2) is 0 Å². The van der Waals surface area contributed by atoms with E-state index in [-0.39, 0.29) is 17.8 Å². The van der Waals surface area contributed by atoms with Crippen molar-refractivity contribution in [3.63, 3.8) is 0 Å². The van der Waals surface area contributed by atoms with Gasteiger partial charge < -0.3 is 15.7 Å². The van der Waals surface area contributed by atoms with Gasteiger partial charge in [-0.25, -0.2) is 0 Å². The van der Waals surface area contributed by atoms with Gasteiger partial charge in [0, 0.05) is 18.8 Å². The number of hydrogen-bond donors (Lipinski definition) is 2. The lowest BCUT2D eigenvalue weighted by atomic mass is 10.1. The molecular weight excluding hydrogens is 257 g/mol. The van der Waals surface area contributed by atoms with Gasteiger partial charge in [-0.3, -0.25) is 0 Å². The molecule has 0 aliphatic heterocycles. The van der Waals surface area contributed by atoms with Gasteiger partial charge in [-0.05, 0) is 38.1 Å². The largest absolute Gasteiger partial charge is 0.416 e. The van der Waals surface area contributed by atoms with Crippen LogP contribution < -0.4 is 5.73 Å². The molecule has 1 atom stereocenters. The van der Waals surface area contributed by atoms with Crippen LogP contribution in [0.25, 0.3) is 0 Å². The van der Waals surface area contributed by atoms with E-state index in [2.05, 4.69) is 0 Å². The Bertz CT molecular complexity index is 419. The van der Waals surface area contributed by atoms with E-state index in [0.29, 0.717) is 13.0 Å². The molecule has 1 aromatic carbocycles. The van der Waals surface area contributed by atoms with E-state index in [1.54, 1.807) is 18.9 Å². The number of nitrogen functional groups attached to an aromatic ring is 1. The summed E-state index contributed by atoms with van der Waals surface area (Å²) >= 11 is 0. The normalized spacial score (nSPS) is 13.8. The Kier molecular flexibility index (Phi) is 5.20. The number of aliphatic hydroxyl groups excluding tert-OH is 1. The van der Waals surface area contributed by atoms with Crippen molar-refractivity contribution < 1.29 is 18.3 Å². The lowest BCUT2D eigenvalue weighted by molar-refractivity contribution is -0.138. The summed E-state index contributed by atoms with van der Waals surface area (Å²) in [7, 11) is 1.72. The van der Waals surface area contributed by atoms with Crippen molar-refractivity contribution in [1.82, 2.24) is 4.90 Å². The zero-order valence-electron chi connectivity index (χ0n) is 11.0. The molecule has 0 aliphatic rings. The molecular formula is C13H19F3N2O. The summed E-state index contributed by atoms with van der Waals surface area (Å²) < 4.78 is 38.6. The third-order valence-corrected chi connectivity index (χ3v) is 2.81. The first-order valence-electron chi connectivity index (χ1n) is 6.02. The lowest BCUT2D eigenvalue weighted by Gasteiger charge is -2.20. The molecule has 0 amide bonds. The van der Waals surface area contributed by atoms with Gasteiger partial charge in [0.2, 0.25) is 0 Å². The number of hydrogen-bond acceptors (Lipinski definition) is 3. The fourth-order valence-electron chi connectivity index (χ4n) is 1.77. The number of anilines is 1. The monoisotopic (exact) mass is 276 g/mol. The van der Waals surface area contributed by atoms with E-state index in [1.165, 1.54) is 12.1 Å². The maximum atomic E-state index is 12.9. The number of aliphatic hydroxyl groups is 1. The molecule has 0 fully saturated rings. The first-order valence-corrected chi connectivity index (χ1v) is 6.02. The highest BCUT2D eigenvalue weighted by molar-refractivity contribution is 5.46. The number of halogens is 3. The third-order valence-electron chi connectivity index (χ3n) is 2.81. The van der Waals surface area contributed by atoms with Crippen LogP contribution in [0.15, 0.2) is 18.2 Å². The molecule has 0 bridgehead atoms. The van der Waals surface area contributed by atoms with Crippen LogP contribution in [0.5, 0.6) is 0 Å². The summed E-state index contributed by atoms with van der Waals surface area (Å²) in [6.45, 7) is 2.35. The number of alkyl halides is 3. The fourth-order valence-corrected chi connectivity index (χ4v) is 1.77. The molecule has 19 heavy (non-hydrogen) atoms. The molecule has 3 N–H and O–H groups in total. The fraction of sp³-hybridized carbons (Fsp3) is 0.538. The van der Waals surface area contributed by atoms with Crippen LogP contribution in [0.1, 0.15) is 24.5 Å². The van der Waals surface area contributed by atoms with Gasteiger partial charge in [-0.2, -0.15) is 13.2 Å². The van der Waals surface area contributed by atoms with E-state index in [1.807, 2.05) is 0 Å². The van der Waals surface area contributed by atoms with Gasteiger partial charge in [0.05, 0.1) is 11.7 Å². The van der Waals surface area contributed by atoms with E-state index in [9.17, 15) is 13.2 Å². The third kappa shape index (κ3) is 5.08. The first kappa shape index (κ1) is 15.8. The molecule has 0 radical (unpaired) electrons. The quantitative estimate of drug-likeness (QED) is 0.812. The van der Waals surface area contributed by atoms with Gasteiger partial charge in [-0.15, -0.1) is 0 Å². The Balaban J connectivity index is 2.83. The summed E-state index contributed by atoms with van der Waals surface area (Å²) in [5.41, 5.74) is 5.00. The van der Waals surface area contributed by atoms with Crippen LogP contribution >= 0.6 is 0 Å². The predicted molar refractivity (Wildman–Crippen MR) is 68.5 cm³/mol. The van der Waals surface area contributed by atoms with Crippen LogP contribution in [-0.4, -0.2) is 29.7 Å². The standard InChI is InChI=1S/C13H19F3N2O/c1-9(19)5-6-18(2)8-10-3-4-11(17)7-12(10)13(14,15)16/h3-4,7,9,19H,5-6,8,17H2,1-2H3. The average Bonchev–Trinajstić information content (AvgIpc) is 2.27. The molecule has 1 unspecified atom stereocenters. The Hall–Kier alpha value is -1.27. The van der Waals surface area contributed by atoms with Crippen molar-refractivity contribution in [3.05, 3.63) is 29.3 Å². The molecule has 0 aliphatic carbocycles. The lowest BCUT2D eigenvalue weighted by Crippen LogP contribution is -2.24. The zero-order valence-corrected chi connectivity index (χ0v) is 11.0. The van der Waals surface area contributed by atoms with Gasteiger partial charge in [-0.1, -0.05) is 6.07 Å². The molecule has 1 aromatic rings. The van der Waals surface area contributed by atoms with Crippen molar-refractivity contribution in [2.24, 2.45) is 0 Å². The van der Waals surface area contributed by atoms with Crippen LogP contribution in [-0.2, 0) is 12.7 Å². The minimum absolute atomic E-state index is 0.0997. The summed E-state index contributed by atoms with van der Waals surface area (Å²) in [4.78, 5) is 1.74. The molecule has 3 nitrogen and oxygen atoms in total. The van der Waals surface area contributed by atoms with E-state index in [4.69, 9.17) is 10.8 Å². The Morgan fingerprint density at radius 2 is 2.00 bits per heavy atom. The van der Waals surface area contributed by atoms with E-state index in [0.717, 1.165) is 6.07 Å². The smallest absolute Gasteiger partial charge is 0.399 e. The predicted octanol–water partition coefficient (Wildman–Crippen LogP) is 2.49. The topological polar surface area (TPSA) is 49.5 Å². The Labute approximate surface area is 110 Å². The van der Waals surface area contributed by atoms with Crippen LogP contribution in [0.3, 0.4) is 0 Å². The maximum absolute atomic E-state index is 12.9. The number of nitrogens with two attached hydrogens (primary N) is 1. The second kappa shape index (κ2) is 6.25. The highest BCUT2D eigenvalue weighted by Crippen LogP contribution is 2.33. The van der Waals surface area contributed by atoms with Crippen LogP contribution in [0, 0.1) is 0 Å². The summed E-state index contributed by atoms with van der Waals surface area (Å²) in [5, 5.41) is 9.16. The molecule has 108 valence electrons. The second-order valence-electron chi connectivity index (χ2n) is 4.79. The zero-order chi connectivity index (χ0) is 14.6. The summed E-state index contributed by atoms with van der Waals surface area (Å²) in [6, 6.07) is 3.82. The average molecular weight is 276 g/mol. The van der Waals surface area contributed by atoms with Crippen molar-refractivity contribution >= 4 is 5.69 Å². The summed E-state index contributed by atoms with van der Waals surface area (Å²) in [5.74, 6) is 0. The SMILES string of the molecule is CC(O)CCN(C)Cc1ccc(N)cc1C(F)(F)F. The Morgan fingerprint density at radius 1 is 1.37 bits per heavy atom. The molecule has 0 saturated carbocycles. The second-order valence-corrected chi connectivity index (χ2v) is 4.79. The number of benzene rings is 1. The highest BCUT2D eigenvalue weighted by atomic mass is 19.4. The van der Waals surface area contributed by atoms with E-state index < -0.39 is 17.8 Å². The van der Waals surface area contributed by atoms with Gasteiger partial charge >= 0.3 is 6.18 Å². The molecule has 0 spiro atoms. The molecule has 0 aromatic heterocycles. The molecule has 6 heteroatoms.